The first kappa shape index (κ1) is 13.1. The van der Waals surface area contributed by atoms with Gasteiger partial charge in [0, 0.05) is 23.1 Å². The summed E-state index contributed by atoms with van der Waals surface area (Å²) in [7, 11) is 0. The van der Waals surface area contributed by atoms with Crippen LogP contribution in [0.25, 0.3) is 0 Å². The molecular formula is C11H7Cl2NO3S. The zero-order valence-electron chi connectivity index (χ0n) is 8.93. The third-order valence-electron chi connectivity index (χ3n) is 2.12. The number of nitro groups is 1. The summed E-state index contributed by atoms with van der Waals surface area (Å²) in [4.78, 5) is 10.1. The molecule has 0 bridgehead atoms. The molecule has 0 saturated heterocycles. The number of rotatable bonds is 4. The molecule has 0 spiro atoms. The van der Waals surface area contributed by atoms with Crippen LogP contribution in [0.1, 0.15) is 5.56 Å². The molecule has 0 aliphatic rings. The Hall–Kier alpha value is -1.30. The molecule has 0 saturated carbocycles. The van der Waals surface area contributed by atoms with Gasteiger partial charge >= 0.3 is 5.00 Å². The summed E-state index contributed by atoms with van der Waals surface area (Å²) in [5.74, 6) is 0.568. The van der Waals surface area contributed by atoms with Gasteiger partial charge in [0.25, 0.3) is 0 Å². The monoisotopic (exact) mass is 303 g/mol. The highest BCUT2D eigenvalue weighted by Gasteiger charge is 2.10. The normalized spacial score (nSPS) is 10.3. The lowest BCUT2D eigenvalue weighted by Gasteiger charge is -2.05. The summed E-state index contributed by atoms with van der Waals surface area (Å²) in [6.07, 6.45) is 0. The summed E-state index contributed by atoms with van der Waals surface area (Å²) >= 11 is 12.7. The topological polar surface area (TPSA) is 52.4 Å². The highest BCUT2D eigenvalue weighted by atomic mass is 35.5. The quantitative estimate of drug-likeness (QED) is 0.615. The highest BCUT2D eigenvalue weighted by molar-refractivity contribution is 7.13. The molecule has 0 N–H and O–H groups in total. The molecule has 4 nitrogen and oxygen atoms in total. The summed E-state index contributed by atoms with van der Waals surface area (Å²) in [6.45, 7) is 0.252. The van der Waals surface area contributed by atoms with Crippen LogP contribution in [0.15, 0.2) is 29.6 Å². The minimum absolute atomic E-state index is 0.0998. The first-order valence-corrected chi connectivity index (χ1v) is 6.49. The highest BCUT2D eigenvalue weighted by Crippen LogP contribution is 2.28. The molecule has 0 aliphatic heterocycles. The lowest BCUT2D eigenvalue weighted by Crippen LogP contribution is -1.93. The molecule has 0 fully saturated rings. The number of hydrogen-bond donors (Lipinski definition) is 0. The van der Waals surface area contributed by atoms with E-state index < -0.39 is 4.92 Å². The molecule has 94 valence electrons. The van der Waals surface area contributed by atoms with Gasteiger partial charge < -0.3 is 4.74 Å². The van der Waals surface area contributed by atoms with Crippen LogP contribution in [0.5, 0.6) is 5.75 Å². The largest absolute Gasteiger partial charge is 0.489 e. The van der Waals surface area contributed by atoms with Crippen LogP contribution in [-0.4, -0.2) is 4.92 Å². The number of benzene rings is 1. The molecule has 18 heavy (non-hydrogen) atoms. The minimum Gasteiger partial charge on any atom is -0.489 e. The van der Waals surface area contributed by atoms with Gasteiger partial charge in [-0.3, -0.25) is 10.1 Å². The third kappa shape index (κ3) is 3.13. The first-order valence-electron chi connectivity index (χ1n) is 4.86. The molecule has 0 aliphatic carbocycles. The second kappa shape index (κ2) is 5.56. The van der Waals surface area contributed by atoms with Crippen LogP contribution in [0, 0.1) is 10.1 Å². The minimum atomic E-state index is -0.423. The molecule has 0 unspecified atom stereocenters. The summed E-state index contributed by atoms with van der Waals surface area (Å²) < 4.78 is 5.46. The molecule has 2 aromatic rings. The van der Waals surface area contributed by atoms with Crippen LogP contribution >= 0.6 is 34.5 Å². The van der Waals surface area contributed by atoms with Crippen molar-refractivity contribution in [2.75, 3.05) is 0 Å². The molecular weight excluding hydrogens is 297 g/mol. The Bertz CT molecular complexity index is 585. The number of nitrogens with zero attached hydrogens (tertiary/aromatic N) is 1. The zero-order chi connectivity index (χ0) is 13.1. The maximum Gasteiger partial charge on any atom is 0.324 e. The Labute approximate surface area is 117 Å². The van der Waals surface area contributed by atoms with Crippen molar-refractivity contribution in [2.24, 2.45) is 0 Å². The fourth-order valence-electron chi connectivity index (χ4n) is 1.27. The van der Waals surface area contributed by atoms with E-state index in [-0.39, 0.29) is 11.6 Å². The van der Waals surface area contributed by atoms with Crippen molar-refractivity contribution < 1.29 is 9.66 Å². The predicted octanol–water partition coefficient (Wildman–Crippen LogP) is 4.54. The van der Waals surface area contributed by atoms with Crippen LogP contribution in [0.3, 0.4) is 0 Å². The number of ether oxygens (including phenoxy) is 1. The summed E-state index contributed by atoms with van der Waals surface area (Å²) in [5.41, 5.74) is 0.748. The fourth-order valence-corrected chi connectivity index (χ4v) is 2.27. The van der Waals surface area contributed by atoms with E-state index in [0.29, 0.717) is 15.8 Å². The molecule has 0 radical (unpaired) electrons. The van der Waals surface area contributed by atoms with Crippen molar-refractivity contribution in [1.29, 1.82) is 0 Å². The van der Waals surface area contributed by atoms with Gasteiger partial charge in [-0.25, -0.2) is 0 Å². The molecule has 0 atom stereocenters. The van der Waals surface area contributed by atoms with E-state index in [2.05, 4.69) is 0 Å². The second-order valence-corrected chi connectivity index (χ2v) is 5.12. The summed E-state index contributed by atoms with van der Waals surface area (Å²) in [6, 6.07) is 6.41. The van der Waals surface area contributed by atoms with E-state index in [1.54, 1.807) is 23.6 Å². The first-order chi connectivity index (χ1) is 8.56. The Morgan fingerprint density at radius 3 is 2.67 bits per heavy atom. The summed E-state index contributed by atoms with van der Waals surface area (Å²) in [5, 5.41) is 13.2. The lowest BCUT2D eigenvalue weighted by molar-refractivity contribution is -0.380. The van der Waals surface area contributed by atoms with Crippen molar-refractivity contribution in [3.63, 3.8) is 0 Å². The third-order valence-corrected chi connectivity index (χ3v) is 3.78. The molecule has 2 rings (SSSR count). The van der Waals surface area contributed by atoms with Crippen LogP contribution in [0.2, 0.25) is 10.0 Å². The fraction of sp³-hybridized carbons (Fsp3) is 0.0909. The smallest absolute Gasteiger partial charge is 0.324 e. The van der Waals surface area contributed by atoms with Crippen molar-refractivity contribution in [1.82, 2.24) is 0 Å². The van der Waals surface area contributed by atoms with Crippen molar-refractivity contribution in [2.45, 2.75) is 6.61 Å². The van der Waals surface area contributed by atoms with E-state index in [0.717, 1.165) is 16.9 Å². The van der Waals surface area contributed by atoms with Gasteiger partial charge in [0.1, 0.15) is 12.4 Å². The average Bonchev–Trinajstić information content (AvgIpc) is 2.79. The van der Waals surface area contributed by atoms with Gasteiger partial charge in [0.05, 0.1) is 15.0 Å². The molecule has 1 heterocycles. The molecule has 0 amide bonds. The molecule has 1 aromatic heterocycles. The predicted molar refractivity (Wildman–Crippen MR) is 71.8 cm³/mol. The van der Waals surface area contributed by atoms with Gasteiger partial charge in [-0.2, -0.15) is 0 Å². The van der Waals surface area contributed by atoms with E-state index in [9.17, 15) is 10.1 Å². The number of halogens is 2. The van der Waals surface area contributed by atoms with Gasteiger partial charge in [-0.05, 0) is 12.1 Å². The van der Waals surface area contributed by atoms with Gasteiger partial charge in [-0.15, -0.1) is 0 Å². The van der Waals surface area contributed by atoms with Crippen LogP contribution in [-0.2, 0) is 6.61 Å². The van der Waals surface area contributed by atoms with Crippen LogP contribution in [0.4, 0.5) is 5.00 Å². The Morgan fingerprint density at radius 1 is 1.28 bits per heavy atom. The van der Waals surface area contributed by atoms with Crippen LogP contribution < -0.4 is 4.74 Å². The van der Waals surface area contributed by atoms with E-state index >= 15 is 0 Å². The van der Waals surface area contributed by atoms with E-state index in [1.165, 1.54) is 6.07 Å². The van der Waals surface area contributed by atoms with Gasteiger partial charge in [-0.1, -0.05) is 34.5 Å². The standard InChI is InChI=1S/C11H7Cl2NO3S/c12-9-2-1-8(4-10(9)13)17-5-7-3-11(14(15)16)18-6-7/h1-4,6H,5H2. The second-order valence-electron chi connectivity index (χ2n) is 3.41. The van der Waals surface area contributed by atoms with E-state index in [1.807, 2.05) is 0 Å². The maximum absolute atomic E-state index is 10.5. The Balaban J connectivity index is 2.02. The molecule has 7 heteroatoms. The van der Waals surface area contributed by atoms with Crippen molar-refractivity contribution in [3.05, 3.63) is 55.4 Å². The Kier molecular flexibility index (Phi) is 4.06. The Morgan fingerprint density at radius 2 is 2.06 bits per heavy atom. The SMILES string of the molecule is O=[N+]([O-])c1cc(COc2ccc(Cl)c(Cl)c2)cs1. The van der Waals surface area contributed by atoms with Crippen molar-refractivity contribution >= 4 is 39.5 Å². The van der Waals surface area contributed by atoms with E-state index in [4.69, 9.17) is 27.9 Å². The van der Waals surface area contributed by atoms with Crippen molar-refractivity contribution in [3.8, 4) is 5.75 Å². The average molecular weight is 304 g/mol. The number of thiophene rings is 1. The van der Waals surface area contributed by atoms with Gasteiger partial charge in [0.15, 0.2) is 0 Å². The zero-order valence-corrected chi connectivity index (χ0v) is 11.3. The molecule has 1 aromatic carbocycles. The van der Waals surface area contributed by atoms with Gasteiger partial charge in [0.2, 0.25) is 0 Å². The number of hydrogen-bond acceptors (Lipinski definition) is 4. The lowest BCUT2D eigenvalue weighted by atomic mass is 10.3. The maximum atomic E-state index is 10.5.